The van der Waals surface area contributed by atoms with E-state index >= 15 is 0 Å². The highest BCUT2D eigenvalue weighted by molar-refractivity contribution is 5.74. The zero-order valence-corrected chi connectivity index (χ0v) is 16.4. The second-order valence-corrected chi connectivity index (χ2v) is 7.92. The third kappa shape index (κ3) is 4.19. The van der Waals surface area contributed by atoms with Crippen molar-refractivity contribution in [3.05, 3.63) is 18.2 Å². The van der Waals surface area contributed by atoms with Crippen molar-refractivity contribution in [2.24, 2.45) is 7.05 Å². The van der Waals surface area contributed by atoms with Gasteiger partial charge in [0.2, 0.25) is 0 Å². The number of carbonyl (C=O) groups is 1. The Kier molecular flexibility index (Phi) is 5.84. The van der Waals surface area contributed by atoms with Crippen molar-refractivity contribution in [1.29, 1.82) is 0 Å². The number of nitrogens with one attached hydrogen (secondary N) is 1. The van der Waals surface area contributed by atoms with Gasteiger partial charge in [-0.15, -0.1) is 0 Å². The number of imidazole rings is 1. The molecular weight excluding hydrogens is 332 g/mol. The van der Waals surface area contributed by atoms with Crippen molar-refractivity contribution in [3.8, 4) is 0 Å². The van der Waals surface area contributed by atoms with Crippen molar-refractivity contribution < 1.29 is 9.53 Å². The van der Waals surface area contributed by atoms with Crippen LogP contribution in [0.4, 0.5) is 4.79 Å². The Morgan fingerprint density at radius 3 is 2.85 bits per heavy atom. The van der Waals surface area contributed by atoms with E-state index in [2.05, 4.69) is 41.0 Å². The van der Waals surface area contributed by atoms with E-state index in [1.165, 1.54) is 0 Å². The van der Waals surface area contributed by atoms with Crippen LogP contribution in [-0.2, 0) is 11.8 Å². The molecule has 2 aliphatic heterocycles. The van der Waals surface area contributed by atoms with Gasteiger partial charge in [-0.25, -0.2) is 9.78 Å². The molecule has 3 rings (SSSR count). The molecule has 2 fully saturated rings. The minimum atomic E-state index is 0.0170. The lowest BCUT2D eigenvalue weighted by atomic mass is 10.0. The summed E-state index contributed by atoms with van der Waals surface area (Å²) < 4.78 is 7.59. The van der Waals surface area contributed by atoms with Gasteiger partial charge in [-0.2, -0.15) is 0 Å². The van der Waals surface area contributed by atoms with Gasteiger partial charge in [0.05, 0.1) is 19.3 Å². The highest BCUT2D eigenvalue weighted by atomic mass is 16.5. The van der Waals surface area contributed by atoms with E-state index in [1.54, 1.807) is 0 Å². The van der Waals surface area contributed by atoms with E-state index in [0.29, 0.717) is 13.1 Å². The first-order valence-corrected chi connectivity index (χ1v) is 9.41. The fraction of sp³-hybridized carbons (Fsp3) is 0.778. The average Bonchev–Trinajstić information content (AvgIpc) is 3.02. The van der Waals surface area contributed by atoms with Gasteiger partial charge in [-0.1, -0.05) is 0 Å². The third-order valence-electron chi connectivity index (χ3n) is 5.57. The van der Waals surface area contributed by atoms with Crippen molar-refractivity contribution in [1.82, 2.24) is 29.6 Å². The molecule has 1 N–H and O–H groups in total. The topological polar surface area (TPSA) is 65.9 Å². The Morgan fingerprint density at radius 1 is 1.35 bits per heavy atom. The molecule has 0 radical (unpaired) electrons. The second kappa shape index (κ2) is 7.94. The Bertz CT molecular complexity index is 617. The number of hydrogen-bond acceptors (Lipinski definition) is 5. The highest BCUT2D eigenvalue weighted by Crippen LogP contribution is 2.22. The summed E-state index contributed by atoms with van der Waals surface area (Å²) >= 11 is 0. The zero-order chi connectivity index (χ0) is 18.7. The maximum Gasteiger partial charge on any atom is 0.317 e. The third-order valence-corrected chi connectivity index (χ3v) is 5.57. The lowest BCUT2D eigenvalue weighted by molar-refractivity contribution is -0.0498. The predicted octanol–water partition coefficient (Wildman–Crippen LogP) is 0.529. The fourth-order valence-electron chi connectivity index (χ4n) is 3.75. The van der Waals surface area contributed by atoms with Crippen LogP contribution in [0.25, 0.3) is 0 Å². The normalized spacial score (nSPS) is 24.6. The van der Waals surface area contributed by atoms with Gasteiger partial charge in [0.25, 0.3) is 0 Å². The van der Waals surface area contributed by atoms with E-state index in [4.69, 9.17) is 4.74 Å². The number of morpholine rings is 1. The Hall–Kier alpha value is -1.64. The molecule has 0 aliphatic carbocycles. The van der Waals surface area contributed by atoms with E-state index in [0.717, 1.165) is 45.2 Å². The molecule has 2 amide bonds. The SMILES string of the molecule is CN1CCN(C(=O)NCCN2CCOCC2(C)C)CC1c1nccn1C. The number of piperazine rings is 1. The number of likely N-dealkylation sites (N-methyl/N-ethyl adjacent to an activating group) is 1. The van der Waals surface area contributed by atoms with Gasteiger partial charge in [-0.3, -0.25) is 9.80 Å². The molecule has 2 aliphatic rings. The number of aryl methyl sites for hydroxylation is 1. The second-order valence-electron chi connectivity index (χ2n) is 7.92. The van der Waals surface area contributed by atoms with Crippen molar-refractivity contribution in [3.63, 3.8) is 0 Å². The van der Waals surface area contributed by atoms with Gasteiger partial charge in [0.15, 0.2) is 0 Å². The molecule has 0 spiro atoms. The Balaban J connectivity index is 1.51. The van der Waals surface area contributed by atoms with Crippen molar-refractivity contribution >= 4 is 6.03 Å². The predicted molar refractivity (Wildman–Crippen MR) is 100 cm³/mol. The monoisotopic (exact) mass is 364 g/mol. The van der Waals surface area contributed by atoms with Crippen molar-refractivity contribution in [2.45, 2.75) is 25.4 Å². The van der Waals surface area contributed by atoms with Crippen LogP contribution >= 0.6 is 0 Å². The molecule has 1 aromatic heterocycles. The first-order chi connectivity index (χ1) is 12.4. The molecule has 0 bridgehead atoms. The minimum absolute atomic E-state index is 0.0170. The largest absolute Gasteiger partial charge is 0.378 e. The minimum Gasteiger partial charge on any atom is -0.378 e. The van der Waals surface area contributed by atoms with Crippen LogP contribution in [0.5, 0.6) is 0 Å². The summed E-state index contributed by atoms with van der Waals surface area (Å²) in [4.78, 5) is 23.7. The quantitative estimate of drug-likeness (QED) is 0.844. The summed E-state index contributed by atoms with van der Waals surface area (Å²) in [6.07, 6.45) is 3.76. The summed E-state index contributed by atoms with van der Waals surface area (Å²) in [5.74, 6) is 1.00. The molecule has 1 atom stereocenters. The smallest absolute Gasteiger partial charge is 0.317 e. The fourth-order valence-corrected chi connectivity index (χ4v) is 3.75. The number of amides is 2. The molecule has 1 aromatic rings. The summed E-state index contributed by atoms with van der Waals surface area (Å²) in [6.45, 7) is 10.5. The molecule has 0 saturated carbocycles. The van der Waals surface area contributed by atoms with E-state index in [1.807, 2.05) is 28.9 Å². The zero-order valence-electron chi connectivity index (χ0n) is 16.4. The van der Waals surface area contributed by atoms with Gasteiger partial charge in [-0.05, 0) is 20.9 Å². The number of nitrogens with zero attached hydrogens (tertiary/aromatic N) is 5. The lowest BCUT2D eigenvalue weighted by Crippen LogP contribution is -2.56. The van der Waals surface area contributed by atoms with Crippen LogP contribution in [0.3, 0.4) is 0 Å². The van der Waals surface area contributed by atoms with Crippen LogP contribution in [0, 0.1) is 0 Å². The maximum atomic E-state index is 12.6. The van der Waals surface area contributed by atoms with Crippen molar-refractivity contribution in [2.75, 3.05) is 59.5 Å². The number of hydrogen-bond donors (Lipinski definition) is 1. The molecule has 8 nitrogen and oxygen atoms in total. The molecule has 146 valence electrons. The highest BCUT2D eigenvalue weighted by Gasteiger charge is 2.32. The van der Waals surface area contributed by atoms with Crippen LogP contribution in [0.1, 0.15) is 25.7 Å². The summed E-state index contributed by atoms with van der Waals surface area (Å²) in [5, 5.41) is 3.09. The van der Waals surface area contributed by atoms with Crippen LogP contribution in [-0.4, -0.2) is 95.4 Å². The van der Waals surface area contributed by atoms with Gasteiger partial charge < -0.3 is 19.5 Å². The Labute approximate surface area is 156 Å². The van der Waals surface area contributed by atoms with E-state index in [9.17, 15) is 4.79 Å². The number of rotatable bonds is 4. The van der Waals surface area contributed by atoms with Crippen LogP contribution in [0.2, 0.25) is 0 Å². The molecular formula is C18H32N6O2. The first-order valence-electron chi connectivity index (χ1n) is 9.41. The van der Waals surface area contributed by atoms with E-state index in [-0.39, 0.29) is 17.6 Å². The lowest BCUT2D eigenvalue weighted by Gasteiger charge is -2.42. The number of aromatic nitrogens is 2. The standard InChI is InChI=1S/C18H32N6O2/c1-18(2)14-26-12-11-24(18)8-6-20-17(25)23-10-9-21(3)15(13-23)16-19-5-7-22(16)4/h5,7,15H,6,8-14H2,1-4H3,(H,20,25). The van der Waals surface area contributed by atoms with Gasteiger partial charge in [0.1, 0.15) is 5.82 Å². The average molecular weight is 364 g/mol. The number of carbonyl (C=O) groups excluding carboxylic acids is 1. The molecule has 1 unspecified atom stereocenters. The van der Waals surface area contributed by atoms with E-state index < -0.39 is 0 Å². The van der Waals surface area contributed by atoms with Crippen LogP contribution < -0.4 is 5.32 Å². The van der Waals surface area contributed by atoms with Gasteiger partial charge in [0, 0.05) is 64.2 Å². The molecule has 26 heavy (non-hydrogen) atoms. The molecule has 0 aromatic carbocycles. The number of ether oxygens (including phenoxy) is 1. The maximum absolute atomic E-state index is 12.6. The molecule has 3 heterocycles. The van der Waals surface area contributed by atoms with Crippen LogP contribution in [0.15, 0.2) is 12.4 Å². The van der Waals surface area contributed by atoms with Gasteiger partial charge >= 0.3 is 6.03 Å². The number of urea groups is 1. The summed E-state index contributed by atoms with van der Waals surface area (Å²) in [6, 6.07) is 0.149. The summed E-state index contributed by atoms with van der Waals surface area (Å²) in [5.41, 5.74) is 0.0279. The molecule has 8 heteroatoms. The molecule has 2 saturated heterocycles. The first kappa shape index (κ1) is 19.1. The summed E-state index contributed by atoms with van der Waals surface area (Å²) in [7, 11) is 4.09. The Morgan fingerprint density at radius 2 is 2.15 bits per heavy atom.